The van der Waals surface area contributed by atoms with Crippen molar-refractivity contribution in [2.75, 3.05) is 18.0 Å². The first-order valence-corrected chi connectivity index (χ1v) is 9.53. The first-order valence-electron chi connectivity index (χ1n) is 9.53. The van der Waals surface area contributed by atoms with Gasteiger partial charge in [0.2, 0.25) is 0 Å². The molecule has 0 spiro atoms. The molecule has 0 unspecified atom stereocenters. The van der Waals surface area contributed by atoms with Gasteiger partial charge in [0.25, 0.3) is 0 Å². The van der Waals surface area contributed by atoms with Crippen LogP contribution in [0, 0.1) is 0 Å². The maximum absolute atomic E-state index is 4.81. The van der Waals surface area contributed by atoms with E-state index in [1.54, 1.807) is 0 Å². The van der Waals surface area contributed by atoms with Gasteiger partial charge in [0, 0.05) is 29.9 Å². The van der Waals surface area contributed by atoms with Crippen molar-refractivity contribution in [3.8, 4) is 0 Å². The van der Waals surface area contributed by atoms with Crippen LogP contribution in [0.2, 0.25) is 0 Å². The number of anilines is 1. The summed E-state index contributed by atoms with van der Waals surface area (Å²) >= 11 is 0. The minimum absolute atomic E-state index is 0.469. The lowest BCUT2D eigenvalue weighted by molar-refractivity contribution is 0.146. The second kappa shape index (κ2) is 8.68. The third-order valence-electron chi connectivity index (χ3n) is 4.95. The minimum atomic E-state index is 0.469. The number of nitrogens with zero attached hydrogens (tertiary/aromatic N) is 3. The lowest BCUT2D eigenvalue weighted by Crippen LogP contribution is -2.40. The van der Waals surface area contributed by atoms with Crippen LogP contribution < -0.4 is 4.90 Å². The second-order valence-electron chi connectivity index (χ2n) is 7.41. The van der Waals surface area contributed by atoms with E-state index in [-0.39, 0.29) is 0 Å². The largest absolute Gasteiger partial charge is 0.351 e. The van der Waals surface area contributed by atoms with Gasteiger partial charge in [-0.1, -0.05) is 25.8 Å². The predicted molar refractivity (Wildman–Crippen MR) is 100 cm³/mol. The maximum atomic E-state index is 4.81. The SMILES string of the molecule is CCCCN1CCCC[C@@H]1c1cccnc1N(C(C)C)C(C)C. The molecule has 0 bridgehead atoms. The number of likely N-dealkylation sites (tertiary alicyclic amines) is 1. The minimum Gasteiger partial charge on any atom is -0.351 e. The average molecular weight is 318 g/mol. The Morgan fingerprint density at radius 3 is 2.61 bits per heavy atom. The molecule has 0 N–H and O–H groups in total. The van der Waals surface area contributed by atoms with Crippen LogP contribution in [0.4, 0.5) is 5.82 Å². The zero-order valence-electron chi connectivity index (χ0n) is 15.8. The Balaban J connectivity index is 2.33. The summed E-state index contributed by atoms with van der Waals surface area (Å²) in [6.45, 7) is 13.8. The normalized spacial score (nSPS) is 19.5. The summed E-state index contributed by atoms with van der Waals surface area (Å²) < 4.78 is 0. The molecule has 1 fully saturated rings. The lowest BCUT2D eigenvalue weighted by Gasteiger charge is -2.40. The van der Waals surface area contributed by atoms with Gasteiger partial charge in [0.05, 0.1) is 0 Å². The van der Waals surface area contributed by atoms with E-state index in [9.17, 15) is 0 Å². The molecule has 1 aromatic rings. The highest BCUT2D eigenvalue weighted by molar-refractivity contribution is 5.50. The predicted octanol–water partition coefficient (Wildman–Crippen LogP) is 5.03. The van der Waals surface area contributed by atoms with E-state index in [4.69, 9.17) is 4.98 Å². The molecule has 0 aromatic carbocycles. The summed E-state index contributed by atoms with van der Waals surface area (Å²) in [5.74, 6) is 1.20. The van der Waals surface area contributed by atoms with Crippen LogP contribution in [-0.4, -0.2) is 35.1 Å². The van der Waals surface area contributed by atoms with Gasteiger partial charge in [-0.25, -0.2) is 4.98 Å². The standard InChI is InChI=1S/C20H35N3/c1-6-7-14-22-15-9-8-12-19(22)18-11-10-13-21-20(18)23(16(2)3)17(4)5/h10-11,13,16-17,19H,6-9,12,14-15H2,1-5H3/t19-/m1/s1. The molecule has 0 amide bonds. The monoisotopic (exact) mass is 317 g/mol. The van der Waals surface area contributed by atoms with Gasteiger partial charge in [0.1, 0.15) is 5.82 Å². The Hall–Kier alpha value is -1.09. The fourth-order valence-corrected chi connectivity index (χ4v) is 3.94. The van der Waals surface area contributed by atoms with Crippen molar-refractivity contribution in [3.05, 3.63) is 23.9 Å². The lowest BCUT2D eigenvalue weighted by atomic mass is 9.94. The van der Waals surface area contributed by atoms with E-state index in [2.05, 4.69) is 56.6 Å². The van der Waals surface area contributed by atoms with E-state index in [0.29, 0.717) is 18.1 Å². The van der Waals surface area contributed by atoms with Crippen LogP contribution in [0.15, 0.2) is 18.3 Å². The van der Waals surface area contributed by atoms with Crippen LogP contribution in [0.5, 0.6) is 0 Å². The van der Waals surface area contributed by atoms with Crippen molar-refractivity contribution in [1.29, 1.82) is 0 Å². The Morgan fingerprint density at radius 2 is 1.96 bits per heavy atom. The summed E-state index contributed by atoms with van der Waals surface area (Å²) in [5, 5.41) is 0. The second-order valence-corrected chi connectivity index (χ2v) is 7.41. The van der Waals surface area contributed by atoms with E-state index >= 15 is 0 Å². The highest BCUT2D eigenvalue weighted by atomic mass is 15.2. The molecule has 1 atom stereocenters. The topological polar surface area (TPSA) is 19.4 Å². The van der Waals surface area contributed by atoms with Gasteiger partial charge >= 0.3 is 0 Å². The molecule has 1 aliphatic heterocycles. The quantitative estimate of drug-likeness (QED) is 0.703. The first kappa shape index (κ1) is 18.3. The zero-order chi connectivity index (χ0) is 16.8. The third-order valence-corrected chi connectivity index (χ3v) is 4.95. The molecule has 0 radical (unpaired) electrons. The molecule has 130 valence electrons. The smallest absolute Gasteiger partial charge is 0.133 e. The molecular weight excluding hydrogens is 282 g/mol. The number of piperidine rings is 1. The highest BCUT2D eigenvalue weighted by Gasteiger charge is 2.28. The molecule has 23 heavy (non-hydrogen) atoms. The van der Waals surface area contributed by atoms with Gasteiger partial charge in [-0.2, -0.15) is 0 Å². The van der Waals surface area contributed by atoms with E-state index in [1.807, 2.05) is 6.20 Å². The van der Waals surface area contributed by atoms with Crippen LogP contribution in [0.1, 0.15) is 78.3 Å². The molecule has 3 heteroatoms. The van der Waals surface area contributed by atoms with E-state index in [0.717, 1.165) is 0 Å². The maximum Gasteiger partial charge on any atom is 0.133 e. The number of hydrogen-bond acceptors (Lipinski definition) is 3. The van der Waals surface area contributed by atoms with E-state index in [1.165, 1.54) is 56.6 Å². The van der Waals surface area contributed by atoms with Crippen molar-refractivity contribution in [2.24, 2.45) is 0 Å². The van der Waals surface area contributed by atoms with E-state index < -0.39 is 0 Å². The molecular formula is C20H35N3. The molecule has 2 heterocycles. The molecule has 1 aliphatic rings. The van der Waals surface area contributed by atoms with Crippen LogP contribution in [-0.2, 0) is 0 Å². The Morgan fingerprint density at radius 1 is 1.22 bits per heavy atom. The number of hydrogen-bond donors (Lipinski definition) is 0. The van der Waals surface area contributed by atoms with Crippen molar-refractivity contribution in [3.63, 3.8) is 0 Å². The van der Waals surface area contributed by atoms with Crippen molar-refractivity contribution < 1.29 is 0 Å². The molecule has 2 rings (SSSR count). The zero-order valence-corrected chi connectivity index (χ0v) is 15.8. The van der Waals surface area contributed by atoms with Crippen molar-refractivity contribution in [1.82, 2.24) is 9.88 Å². The summed E-state index contributed by atoms with van der Waals surface area (Å²) in [5.41, 5.74) is 1.44. The molecule has 1 saturated heterocycles. The number of unbranched alkanes of at least 4 members (excludes halogenated alkanes) is 1. The van der Waals surface area contributed by atoms with Crippen LogP contribution >= 0.6 is 0 Å². The summed E-state index contributed by atoms with van der Waals surface area (Å²) in [6, 6.07) is 5.91. The summed E-state index contributed by atoms with van der Waals surface area (Å²) in [6.07, 6.45) is 8.47. The average Bonchev–Trinajstić information content (AvgIpc) is 2.53. The van der Waals surface area contributed by atoms with Crippen LogP contribution in [0.25, 0.3) is 0 Å². The van der Waals surface area contributed by atoms with Crippen molar-refractivity contribution >= 4 is 5.82 Å². The summed E-state index contributed by atoms with van der Waals surface area (Å²) in [7, 11) is 0. The van der Waals surface area contributed by atoms with Gasteiger partial charge in [-0.3, -0.25) is 4.90 Å². The Kier molecular flexibility index (Phi) is 6.88. The molecule has 0 saturated carbocycles. The fourth-order valence-electron chi connectivity index (χ4n) is 3.94. The molecule has 3 nitrogen and oxygen atoms in total. The Bertz CT molecular complexity index is 462. The number of rotatable bonds is 7. The van der Waals surface area contributed by atoms with Crippen molar-refractivity contribution in [2.45, 2.75) is 84.8 Å². The first-order chi connectivity index (χ1) is 11.1. The fraction of sp³-hybridized carbons (Fsp3) is 0.750. The highest BCUT2D eigenvalue weighted by Crippen LogP contribution is 2.36. The van der Waals surface area contributed by atoms with Gasteiger partial charge < -0.3 is 4.90 Å². The van der Waals surface area contributed by atoms with Gasteiger partial charge in [-0.05, 0) is 66.1 Å². The third kappa shape index (κ3) is 4.47. The summed E-state index contributed by atoms with van der Waals surface area (Å²) in [4.78, 5) is 9.99. The van der Waals surface area contributed by atoms with Gasteiger partial charge in [-0.15, -0.1) is 0 Å². The Labute approximate surface area is 143 Å². The van der Waals surface area contributed by atoms with Gasteiger partial charge in [0.15, 0.2) is 0 Å². The molecule has 0 aliphatic carbocycles. The number of aromatic nitrogens is 1. The molecule has 1 aromatic heterocycles. The number of pyridine rings is 1. The van der Waals surface area contributed by atoms with Crippen LogP contribution in [0.3, 0.4) is 0 Å².